The quantitative estimate of drug-likeness (QED) is 0.591. The van der Waals surface area contributed by atoms with Crippen LogP contribution in [-0.4, -0.2) is 26.2 Å². The second kappa shape index (κ2) is 8.85. The average Bonchev–Trinajstić information content (AvgIpc) is 2.52. The van der Waals surface area contributed by atoms with Crippen molar-refractivity contribution < 1.29 is 9.52 Å². The van der Waals surface area contributed by atoms with Crippen molar-refractivity contribution in [2.75, 3.05) is 0 Å². The van der Waals surface area contributed by atoms with Crippen molar-refractivity contribution in [3.63, 3.8) is 0 Å². The summed E-state index contributed by atoms with van der Waals surface area (Å²) >= 11 is 0.230. The van der Waals surface area contributed by atoms with Gasteiger partial charge in [-0.25, -0.2) is 0 Å². The number of aromatic hydroxyl groups is 1. The number of benzene rings is 2. The summed E-state index contributed by atoms with van der Waals surface area (Å²) in [5, 5.41) is 10.3. The fourth-order valence-corrected chi connectivity index (χ4v) is 1.92. The summed E-state index contributed by atoms with van der Waals surface area (Å²) < 4.78 is 5.61. The molecule has 0 atom stereocenters. The van der Waals surface area contributed by atoms with Crippen molar-refractivity contribution in [2.45, 2.75) is 9.88 Å². The summed E-state index contributed by atoms with van der Waals surface area (Å²) in [6, 6.07) is 15.9. The normalized spacial score (nSPS) is 9.55. The second-order valence-electron chi connectivity index (χ2n) is 4.47. The third-order valence-corrected chi connectivity index (χ3v) is 2.81. The number of fused-ring (bicyclic) bond motifs is 1. The zero-order valence-corrected chi connectivity index (χ0v) is 16.0. The van der Waals surface area contributed by atoms with Crippen LogP contribution in [0.4, 0.5) is 0 Å². The first-order chi connectivity index (χ1) is 10.2. The van der Waals surface area contributed by atoms with Gasteiger partial charge in [0, 0.05) is 5.56 Å². The van der Waals surface area contributed by atoms with Crippen LogP contribution >= 0.6 is 12.4 Å². The van der Waals surface area contributed by atoms with Gasteiger partial charge in [-0.3, -0.25) is 4.79 Å². The van der Waals surface area contributed by atoms with Gasteiger partial charge in [0.2, 0.25) is 11.2 Å². The third-order valence-electron chi connectivity index (χ3n) is 2.81. The van der Waals surface area contributed by atoms with Crippen LogP contribution in [0.1, 0.15) is 0 Å². The van der Waals surface area contributed by atoms with Crippen LogP contribution in [0, 0.1) is 0 Å². The summed E-state index contributed by atoms with van der Waals surface area (Å²) in [7, 11) is 0. The molecule has 0 saturated carbocycles. The van der Waals surface area contributed by atoms with Gasteiger partial charge < -0.3 is 9.52 Å². The van der Waals surface area contributed by atoms with Gasteiger partial charge in [0.05, 0.1) is 5.39 Å². The Balaban J connectivity index is 0.000000562. The van der Waals surface area contributed by atoms with Crippen molar-refractivity contribution in [1.29, 1.82) is 0 Å². The molecule has 0 aliphatic rings. The molecule has 0 fully saturated rings. The summed E-state index contributed by atoms with van der Waals surface area (Å²) in [4.78, 5) is 16.6. The van der Waals surface area contributed by atoms with E-state index in [0.29, 0.717) is 16.5 Å². The van der Waals surface area contributed by atoms with Crippen molar-refractivity contribution in [1.82, 2.24) is 0 Å². The molecule has 0 spiro atoms. The summed E-state index contributed by atoms with van der Waals surface area (Å²) in [5.74, 6) is -0.140. The van der Waals surface area contributed by atoms with Gasteiger partial charge in [-0.05, 0) is 12.1 Å². The average molecular weight is 423 g/mol. The van der Waals surface area contributed by atoms with Gasteiger partial charge in [-0.15, -0.1) is 12.4 Å². The molecule has 3 aromatic rings. The first-order valence-corrected chi connectivity index (χ1v) is 12.3. The molecule has 0 amide bonds. The van der Waals surface area contributed by atoms with Crippen LogP contribution in [0.3, 0.4) is 0 Å². The van der Waals surface area contributed by atoms with Crippen LogP contribution in [-0.2, 0) is 0 Å². The Morgan fingerprint density at radius 3 is 2.14 bits per heavy atom. The molecule has 0 saturated heterocycles. The van der Waals surface area contributed by atoms with E-state index in [9.17, 15) is 9.90 Å². The maximum atomic E-state index is 12.0. The van der Waals surface area contributed by atoms with Crippen LogP contribution in [0.25, 0.3) is 22.3 Å². The molecule has 1 N–H and O–H groups in total. The zero-order chi connectivity index (χ0) is 15.2. The molecule has 0 aliphatic carbocycles. The van der Waals surface area contributed by atoms with E-state index in [1.807, 2.05) is 18.2 Å². The Labute approximate surface area is 145 Å². The Morgan fingerprint density at radius 2 is 1.50 bits per heavy atom. The molecule has 2 radical (unpaired) electrons. The molecule has 22 heavy (non-hydrogen) atoms. The Morgan fingerprint density at radius 1 is 0.955 bits per heavy atom. The van der Waals surface area contributed by atoms with Crippen molar-refractivity contribution in [3.8, 4) is 17.1 Å². The maximum absolute atomic E-state index is 12.0. The van der Waals surface area contributed by atoms with Crippen LogP contribution in [0.5, 0.6) is 5.75 Å². The molecule has 0 aliphatic heterocycles. The topological polar surface area (TPSA) is 50.4 Å². The number of halogens is 1. The van der Waals surface area contributed by atoms with Gasteiger partial charge in [-0.2, -0.15) is 0 Å². The number of hydrogen-bond donors (Lipinski definition) is 1. The molecule has 114 valence electrons. The molecule has 2 aromatic carbocycles. The van der Waals surface area contributed by atoms with Crippen molar-refractivity contribution in [3.05, 3.63) is 64.8 Å². The standard InChI is InChI=1S/C15H10O3.2CH3.ClH.Sn/c16-13-11-8-4-5-9-12(11)18-15(14(13)17)10-6-2-1-3-7-10;;;;/h1-9,17H;2*1H3;1H;. The fourth-order valence-electron chi connectivity index (χ4n) is 1.92. The van der Waals surface area contributed by atoms with E-state index in [2.05, 4.69) is 9.88 Å². The molecule has 0 unspecified atom stereocenters. The van der Waals surface area contributed by atoms with E-state index < -0.39 is 5.43 Å². The number of hydrogen-bond acceptors (Lipinski definition) is 3. The molecular weight excluding hydrogens is 406 g/mol. The minimum atomic E-state index is -0.407. The molecule has 3 rings (SSSR count). The van der Waals surface area contributed by atoms with Crippen molar-refractivity contribution in [2.24, 2.45) is 0 Å². The van der Waals surface area contributed by atoms with Crippen molar-refractivity contribution >= 4 is 44.5 Å². The predicted molar refractivity (Wildman–Crippen MR) is 94.3 cm³/mol. The van der Waals surface area contributed by atoms with E-state index >= 15 is 0 Å². The predicted octanol–water partition coefficient (Wildman–Crippen LogP) is 4.37. The molecule has 1 aromatic heterocycles. The number of para-hydroxylation sites is 1. The number of rotatable bonds is 1. The van der Waals surface area contributed by atoms with Crippen LogP contribution < -0.4 is 5.43 Å². The fraction of sp³-hybridized carbons (Fsp3) is 0.118. The molecule has 1 heterocycles. The van der Waals surface area contributed by atoms with E-state index in [1.54, 1.807) is 36.4 Å². The minimum absolute atomic E-state index is 0. The zero-order valence-electron chi connectivity index (χ0n) is 12.4. The second-order valence-corrected chi connectivity index (χ2v) is 7.33. The van der Waals surface area contributed by atoms with Gasteiger partial charge in [0.1, 0.15) is 5.58 Å². The molecule has 3 nitrogen and oxygen atoms in total. The molecule has 0 bridgehead atoms. The summed E-state index contributed by atoms with van der Waals surface area (Å²) in [6.45, 7) is 0. The Kier molecular flexibility index (Phi) is 7.48. The monoisotopic (exact) mass is 424 g/mol. The van der Waals surface area contributed by atoms with E-state index in [0.717, 1.165) is 0 Å². The first kappa shape index (κ1) is 18.6. The van der Waals surface area contributed by atoms with Gasteiger partial charge in [-0.1, -0.05) is 42.5 Å². The third kappa shape index (κ3) is 4.05. The Bertz CT molecular complexity index is 785. The van der Waals surface area contributed by atoms with E-state index in [1.165, 1.54) is 0 Å². The van der Waals surface area contributed by atoms with Crippen LogP contribution in [0.15, 0.2) is 63.8 Å². The summed E-state index contributed by atoms with van der Waals surface area (Å²) in [6.07, 6.45) is 0. The van der Waals surface area contributed by atoms with Gasteiger partial charge >= 0.3 is 31.0 Å². The Hall–Kier alpha value is -1.46. The summed E-state index contributed by atoms with van der Waals surface area (Å²) in [5.41, 5.74) is 0.743. The van der Waals surface area contributed by atoms with Crippen LogP contribution in [0.2, 0.25) is 9.88 Å². The first-order valence-electron chi connectivity index (χ1n) is 6.57. The van der Waals surface area contributed by atoms with E-state index in [-0.39, 0.29) is 45.1 Å². The SMILES string of the molecule is Cl.O=c1c(O)c(-c2ccccc2)oc2ccccc12.[CH3][Sn][CH3]. The van der Waals surface area contributed by atoms with E-state index in [4.69, 9.17) is 4.42 Å². The molecule has 5 heteroatoms. The van der Waals surface area contributed by atoms with Gasteiger partial charge in [0.15, 0.2) is 5.76 Å². The van der Waals surface area contributed by atoms with Gasteiger partial charge in [0.25, 0.3) is 0 Å². The molecular formula is C17H17ClO3Sn.